The first-order valence-corrected chi connectivity index (χ1v) is 8.34. The molecule has 0 aliphatic rings. The number of nitrogens with one attached hydrogen (secondary N) is 1. The van der Waals surface area contributed by atoms with Crippen LogP contribution in [0.15, 0.2) is 42.5 Å². The summed E-state index contributed by atoms with van der Waals surface area (Å²) in [5.41, 5.74) is 1.14. The largest absolute Gasteiger partial charge is 0.507 e. The fourth-order valence-corrected chi connectivity index (χ4v) is 1.95. The summed E-state index contributed by atoms with van der Waals surface area (Å²) in [6.07, 6.45) is 2.21. The summed E-state index contributed by atoms with van der Waals surface area (Å²) in [5.74, 6) is -1.51. The SMILES string of the molecule is CS.O=Cc1c(O)cccc1OCc1ccc(C(=O)NCC(=O)O)cc1. The van der Waals surface area contributed by atoms with Gasteiger partial charge in [-0.3, -0.25) is 14.4 Å². The summed E-state index contributed by atoms with van der Waals surface area (Å²) in [5, 5.41) is 20.4. The van der Waals surface area contributed by atoms with Gasteiger partial charge in [-0.2, -0.15) is 12.6 Å². The molecule has 26 heavy (non-hydrogen) atoms. The van der Waals surface area contributed by atoms with Crippen LogP contribution >= 0.6 is 12.6 Å². The molecular formula is C18H19NO6S. The Morgan fingerprint density at radius 1 is 1.15 bits per heavy atom. The minimum Gasteiger partial charge on any atom is -0.507 e. The van der Waals surface area contributed by atoms with E-state index in [1.807, 2.05) is 0 Å². The van der Waals surface area contributed by atoms with Crippen LogP contribution in [0.25, 0.3) is 0 Å². The molecule has 0 bridgehead atoms. The van der Waals surface area contributed by atoms with E-state index >= 15 is 0 Å². The summed E-state index contributed by atoms with van der Waals surface area (Å²) in [4.78, 5) is 33.1. The van der Waals surface area contributed by atoms with Crippen LogP contribution in [0, 0.1) is 0 Å². The Balaban J connectivity index is 0.00000163. The Morgan fingerprint density at radius 2 is 1.81 bits per heavy atom. The Kier molecular flexibility index (Phi) is 8.72. The van der Waals surface area contributed by atoms with Crippen LogP contribution in [0.1, 0.15) is 26.3 Å². The van der Waals surface area contributed by atoms with E-state index in [4.69, 9.17) is 9.84 Å². The van der Waals surface area contributed by atoms with E-state index in [1.165, 1.54) is 6.07 Å². The molecule has 2 aromatic carbocycles. The molecule has 0 aliphatic carbocycles. The van der Waals surface area contributed by atoms with Gasteiger partial charge in [0.1, 0.15) is 24.7 Å². The highest BCUT2D eigenvalue weighted by Crippen LogP contribution is 2.26. The molecule has 0 radical (unpaired) electrons. The predicted octanol–water partition coefficient (Wildman–Crippen LogP) is 2.14. The zero-order valence-corrected chi connectivity index (χ0v) is 14.9. The lowest BCUT2D eigenvalue weighted by Gasteiger charge is -2.10. The number of hydrogen-bond acceptors (Lipinski definition) is 6. The van der Waals surface area contributed by atoms with Crippen molar-refractivity contribution in [3.8, 4) is 11.5 Å². The maximum Gasteiger partial charge on any atom is 0.322 e. The number of ether oxygens (including phenoxy) is 1. The molecule has 8 heteroatoms. The number of aliphatic carboxylic acids is 1. The van der Waals surface area contributed by atoms with Crippen molar-refractivity contribution >= 4 is 30.8 Å². The fraction of sp³-hybridized carbons (Fsp3) is 0.167. The van der Waals surface area contributed by atoms with Crippen LogP contribution in [-0.2, 0) is 11.4 Å². The number of benzene rings is 2. The molecule has 0 spiro atoms. The highest BCUT2D eigenvalue weighted by Gasteiger charge is 2.09. The van der Waals surface area contributed by atoms with E-state index in [-0.39, 0.29) is 23.7 Å². The topological polar surface area (TPSA) is 113 Å². The third kappa shape index (κ3) is 6.14. The van der Waals surface area contributed by atoms with Gasteiger partial charge >= 0.3 is 5.97 Å². The van der Waals surface area contributed by atoms with Crippen molar-refractivity contribution in [1.82, 2.24) is 5.32 Å². The molecule has 0 heterocycles. The third-order valence-electron chi connectivity index (χ3n) is 3.17. The molecule has 138 valence electrons. The molecule has 0 unspecified atom stereocenters. The van der Waals surface area contributed by atoms with Crippen molar-refractivity contribution in [3.05, 3.63) is 59.2 Å². The van der Waals surface area contributed by atoms with Gasteiger partial charge in [0.2, 0.25) is 0 Å². The Labute approximate surface area is 156 Å². The fourth-order valence-electron chi connectivity index (χ4n) is 1.95. The molecule has 0 aliphatic heterocycles. The van der Waals surface area contributed by atoms with Crippen molar-refractivity contribution in [2.45, 2.75) is 6.61 Å². The molecule has 0 saturated carbocycles. The van der Waals surface area contributed by atoms with Crippen molar-refractivity contribution in [1.29, 1.82) is 0 Å². The average molecular weight is 377 g/mol. The normalized spacial score (nSPS) is 9.46. The summed E-state index contributed by atoms with van der Waals surface area (Å²) in [6, 6.07) is 10.9. The van der Waals surface area contributed by atoms with Crippen LogP contribution in [-0.4, -0.2) is 41.2 Å². The average Bonchev–Trinajstić information content (AvgIpc) is 2.66. The smallest absolute Gasteiger partial charge is 0.322 e. The number of hydrogen-bond donors (Lipinski definition) is 4. The number of carboxylic acids is 1. The van der Waals surface area contributed by atoms with Crippen molar-refractivity contribution < 1.29 is 29.3 Å². The van der Waals surface area contributed by atoms with Crippen molar-refractivity contribution in [3.63, 3.8) is 0 Å². The van der Waals surface area contributed by atoms with Gasteiger partial charge in [-0.25, -0.2) is 0 Å². The lowest BCUT2D eigenvalue weighted by atomic mass is 10.1. The number of carbonyl (C=O) groups excluding carboxylic acids is 2. The van der Waals surface area contributed by atoms with Gasteiger partial charge in [-0.05, 0) is 36.1 Å². The van der Waals surface area contributed by atoms with E-state index in [0.717, 1.165) is 5.56 Å². The second-order valence-corrected chi connectivity index (χ2v) is 4.87. The summed E-state index contributed by atoms with van der Waals surface area (Å²) < 4.78 is 5.50. The van der Waals surface area contributed by atoms with Gasteiger partial charge in [0.15, 0.2) is 6.29 Å². The number of phenols is 1. The van der Waals surface area contributed by atoms with E-state index in [0.29, 0.717) is 11.8 Å². The maximum atomic E-state index is 11.7. The summed E-state index contributed by atoms with van der Waals surface area (Å²) >= 11 is 3.53. The number of aldehydes is 1. The molecule has 3 N–H and O–H groups in total. The minimum absolute atomic E-state index is 0.0715. The first kappa shape index (κ1) is 21.0. The molecule has 0 aromatic heterocycles. The number of carbonyl (C=O) groups is 3. The third-order valence-corrected chi connectivity index (χ3v) is 3.17. The Bertz CT molecular complexity index is 761. The molecular weight excluding hydrogens is 358 g/mol. The monoisotopic (exact) mass is 377 g/mol. The zero-order chi connectivity index (χ0) is 19.5. The van der Waals surface area contributed by atoms with Gasteiger partial charge in [0.25, 0.3) is 5.91 Å². The molecule has 2 aromatic rings. The van der Waals surface area contributed by atoms with Crippen molar-refractivity contribution in [2.75, 3.05) is 12.8 Å². The Morgan fingerprint density at radius 3 is 2.38 bits per heavy atom. The maximum absolute atomic E-state index is 11.7. The van der Waals surface area contributed by atoms with E-state index < -0.39 is 18.4 Å². The van der Waals surface area contributed by atoms with Crippen LogP contribution in [0.5, 0.6) is 11.5 Å². The number of rotatable bonds is 7. The van der Waals surface area contributed by atoms with E-state index in [9.17, 15) is 19.5 Å². The number of aromatic hydroxyl groups is 1. The molecule has 0 fully saturated rings. The molecule has 2 rings (SSSR count). The van der Waals surface area contributed by atoms with Gasteiger partial charge in [0, 0.05) is 5.56 Å². The van der Waals surface area contributed by atoms with E-state index in [2.05, 4.69) is 17.9 Å². The first-order valence-electron chi connectivity index (χ1n) is 7.45. The van der Waals surface area contributed by atoms with Crippen LogP contribution in [0.4, 0.5) is 0 Å². The summed E-state index contributed by atoms with van der Waals surface area (Å²) in [7, 11) is 0. The summed E-state index contributed by atoms with van der Waals surface area (Å²) in [6.45, 7) is -0.309. The first-order chi connectivity index (χ1) is 12.5. The highest BCUT2D eigenvalue weighted by molar-refractivity contribution is 7.79. The quantitative estimate of drug-likeness (QED) is 0.434. The standard InChI is InChI=1S/C17H15NO6.CH4S/c19-9-13-14(20)2-1-3-15(13)24-10-11-4-6-12(7-5-11)17(23)18-8-16(21)22;1-2/h1-7,9,20H,8,10H2,(H,18,23)(H,21,22);2H,1H3. The molecule has 7 nitrogen and oxygen atoms in total. The second kappa shape index (κ2) is 10.8. The van der Waals surface area contributed by atoms with Gasteiger partial charge in [-0.1, -0.05) is 18.2 Å². The van der Waals surface area contributed by atoms with Gasteiger partial charge in [0.05, 0.1) is 5.56 Å². The number of thiol groups is 1. The molecule has 0 atom stereocenters. The molecule has 1 amide bonds. The van der Waals surface area contributed by atoms with E-state index in [1.54, 1.807) is 42.7 Å². The predicted molar refractivity (Wildman–Crippen MR) is 99.1 cm³/mol. The second-order valence-electron chi connectivity index (χ2n) is 4.87. The lowest BCUT2D eigenvalue weighted by molar-refractivity contribution is -0.135. The number of amides is 1. The Hall–Kier alpha value is -3.00. The molecule has 0 saturated heterocycles. The van der Waals surface area contributed by atoms with Crippen LogP contribution in [0.2, 0.25) is 0 Å². The minimum atomic E-state index is -1.12. The zero-order valence-electron chi connectivity index (χ0n) is 14.0. The van der Waals surface area contributed by atoms with Crippen molar-refractivity contribution in [2.24, 2.45) is 0 Å². The van der Waals surface area contributed by atoms with Gasteiger partial charge in [-0.15, -0.1) is 0 Å². The van der Waals surface area contributed by atoms with Crippen LogP contribution < -0.4 is 10.1 Å². The lowest BCUT2D eigenvalue weighted by Crippen LogP contribution is -2.29. The van der Waals surface area contributed by atoms with Crippen LogP contribution in [0.3, 0.4) is 0 Å². The highest BCUT2D eigenvalue weighted by atomic mass is 32.1. The van der Waals surface area contributed by atoms with Gasteiger partial charge < -0.3 is 20.3 Å². The number of carboxylic acid groups (broad SMARTS) is 1. The number of phenolic OH excluding ortho intramolecular Hbond substituents is 1.